The van der Waals surface area contributed by atoms with Gasteiger partial charge in [-0.2, -0.15) is 11.8 Å². The van der Waals surface area contributed by atoms with Crippen LogP contribution in [0, 0.1) is 11.6 Å². The van der Waals surface area contributed by atoms with E-state index in [1.54, 1.807) is 0 Å². The van der Waals surface area contributed by atoms with Crippen molar-refractivity contribution in [3.8, 4) is 0 Å². The molecule has 0 amide bonds. The Hall–Kier alpha value is -0.610. The van der Waals surface area contributed by atoms with Crippen molar-refractivity contribution in [2.75, 3.05) is 18.6 Å². The lowest BCUT2D eigenvalue weighted by Crippen LogP contribution is -2.16. The van der Waals surface area contributed by atoms with Crippen LogP contribution >= 0.6 is 11.8 Å². The van der Waals surface area contributed by atoms with Crippen LogP contribution in [0.25, 0.3) is 0 Å². The first-order valence-corrected chi connectivity index (χ1v) is 6.77. The zero-order valence-electron chi connectivity index (χ0n) is 9.43. The van der Waals surface area contributed by atoms with Gasteiger partial charge in [-0.15, -0.1) is 0 Å². The van der Waals surface area contributed by atoms with E-state index in [1.807, 2.05) is 11.8 Å². The van der Waals surface area contributed by atoms with Crippen molar-refractivity contribution < 1.29 is 8.78 Å². The average Bonchev–Trinajstić information content (AvgIpc) is 2.26. The quantitative estimate of drug-likeness (QED) is 0.740. The van der Waals surface area contributed by atoms with Crippen molar-refractivity contribution >= 4 is 11.8 Å². The molecule has 0 atom stereocenters. The maximum Gasteiger partial charge on any atom is 0.130 e. The first-order chi connectivity index (χ1) is 7.75. The van der Waals surface area contributed by atoms with Gasteiger partial charge in [-0.25, -0.2) is 8.78 Å². The topological polar surface area (TPSA) is 12.0 Å². The van der Waals surface area contributed by atoms with E-state index in [4.69, 9.17) is 0 Å². The van der Waals surface area contributed by atoms with Gasteiger partial charge in [-0.05, 0) is 43.5 Å². The molecular weight excluding hydrogens is 228 g/mol. The van der Waals surface area contributed by atoms with Crippen LogP contribution in [0.4, 0.5) is 8.78 Å². The molecule has 1 aromatic rings. The summed E-state index contributed by atoms with van der Waals surface area (Å²) in [5, 5.41) is 3.05. The highest BCUT2D eigenvalue weighted by atomic mass is 32.2. The van der Waals surface area contributed by atoms with Gasteiger partial charge < -0.3 is 5.32 Å². The molecule has 0 bridgehead atoms. The highest BCUT2D eigenvalue weighted by Gasteiger charge is 2.06. The van der Waals surface area contributed by atoms with Crippen molar-refractivity contribution in [2.24, 2.45) is 0 Å². The molecule has 1 N–H and O–H groups in total. The maximum absolute atomic E-state index is 13.2. The van der Waals surface area contributed by atoms with Crippen molar-refractivity contribution in [3.05, 3.63) is 35.4 Å². The van der Waals surface area contributed by atoms with Crippen LogP contribution in [0.2, 0.25) is 0 Å². The van der Waals surface area contributed by atoms with Crippen molar-refractivity contribution in [3.63, 3.8) is 0 Å². The smallest absolute Gasteiger partial charge is 0.130 e. The van der Waals surface area contributed by atoms with E-state index >= 15 is 0 Å². The number of rotatable bonds is 7. The highest BCUT2D eigenvalue weighted by molar-refractivity contribution is 7.98. The first kappa shape index (κ1) is 13.5. The predicted molar refractivity (Wildman–Crippen MR) is 65.7 cm³/mol. The minimum atomic E-state index is -0.475. The number of hydrogen-bond acceptors (Lipinski definition) is 2. The molecular formula is C12H17F2NS. The highest BCUT2D eigenvalue weighted by Crippen LogP contribution is 2.11. The van der Waals surface area contributed by atoms with Crippen LogP contribution in [-0.4, -0.2) is 18.6 Å². The molecule has 16 heavy (non-hydrogen) atoms. The number of halogens is 2. The molecule has 1 rings (SSSR count). The molecule has 1 aromatic carbocycles. The van der Waals surface area contributed by atoms with E-state index in [1.165, 1.54) is 18.2 Å². The van der Waals surface area contributed by atoms with Gasteiger partial charge in [-0.3, -0.25) is 0 Å². The molecule has 0 saturated heterocycles. The Kier molecular flexibility index (Phi) is 6.42. The molecule has 0 aliphatic heterocycles. The lowest BCUT2D eigenvalue weighted by molar-refractivity contribution is 0.532. The number of benzene rings is 1. The fraction of sp³-hybridized carbons (Fsp3) is 0.500. The van der Waals surface area contributed by atoms with Crippen LogP contribution in [0.3, 0.4) is 0 Å². The van der Waals surface area contributed by atoms with Gasteiger partial charge in [-0.1, -0.05) is 6.07 Å². The molecule has 0 spiro atoms. The molecule has 0 heterocycles. The summed E-state index contributed by atoms with van der Waals surface area (Å²) in [6, 6.07) is 3.95. The van der Waals surface area contributed by atoms with Gasteiger partial charge in [0.15, 0.2) is 0 Å². The Labute approximate surface area is 99.6 Å². The fourth-order valence-electron chi connectivity index (χ4n) is 1.41. The number of hydrogen-bond donors (Lipinski definition) is 1. The molecule has 1 nitrogen and oxygen atoms in total. The molecule has 0 radical (unpaired) electrons. The lowest BCUT2D eigenvalue weighted by atomic mass is 10.2. The third-order valence-electron chi connectivity index (χ3n) is 2.32. The largest absolute Gasteiger partial charge is 0.312 e. The monoisotopic (exact) mass is 245 g/mol. The van der Waals surface area contributed by atoms with E-state index in [9.17, 15) is 8.78 Å². The molecule has 0 aliphatic carbocycles. The minimum Gasteiger partial charge on any atom is -0.312 e. The molecule has 0 aliphatic rings. The normalized spacial score (nSPS) is 10.7. The number of unbranched alkanes of at least 4 members (excludes halogenated alkanes) is 1. The summed E-state index contributed by atoms with van der Waals surface area (Å²) in [6.45, 7) is 1.06. The predicted octanol–water partition coefficient (Wildman–Crippen LogP) is 3.20. The van der Waals surface area contributed by atoms with Crippen molar-refractivity contribution in [1.29, 1.82) is 0 Å². The van der Waals surface area contributed by atoms with Gasteiger partial charge in [0.1, 0.15) is 11.6 Å². The van der Waals surface area contributed by atoms with Crippen molar-refractivity contribution in [1.82, 2.24) is 5.32 Å². The maximum atomic E-state index is 13.2. The van der Waals surface area contributed by atoms with Crippen molar-refractivity contribution in [2.45, 2.75) is 19.4 Å². The SMILES string of the molecule is CSCCCCNCc1c(F)cccc1F. The summed E-state index contributed by atoms with van der Waals surface area (Å²) in [4.78, 5) is 0. The Morgan fingerprint density at radius 1 is 1.19 bits per heavy atom. The third kappa shape index (κ3) is 4.49. The van der Waals surface area contributed by atoms with E-state index in [-0.39, 0.29) is 12.1 Å². The number of nitrogens with one attached hydrogen (secondary N) is 1. The standard InChI is InChI=1S/C12H17F2NS/c1-16-8-3-2-7-15-9-10-11(13)5-4-6-12(10)14/h4-6,15H,2-3,7-9H2,1H3. The van der Waals surface area contributed by atoms with Gasteiger partial charge in [0, 0.05) is 12.1 Å². The van der Waals surface area contributed by atoms with Crippen LogP contribution in [0.5, 0.6) is 0 Å². The summed E-state index contributed by atoms with van der Waals surface area (Å²) in [7, 11) is 0. The summed E-state index contributed by atoms with van der Waals surface area (Å²) >= 11 is 1.81. The van der Waals surface area contributed by atoms with Crippen LogP contribution in [0.15, 0.2) is 18.2 Å². The summed E-state index contributed by atoms with van der Waals surface area (Å²) in [6.07, 6.45) is 4.24. The molecule has 4 heteroatoms. The summed E-state index contributed by atoms with van der Waals surface area (Å²) in [5.74, 6) is 0.184. The Bertz CT molecular complexity index is 298. The second-order valence-corrected chi connectivity index (χ2v) is 4.56. The lowest BCUT2D eigenvalue weighted by Gasteiger charge is -2.06. The zero-order valence-corrected chi connectivity index (χ0v) is 10.2. The second-order valence-electron chi connectivity index (χ2n) is 3.58. The van der Waals surface area contributed by atoms with Crippen LogP contribution in [0.1, 0.15) is 18.4 Å². The Balaban J connectivity index is 2.26. The fourth-order valence-corrected chi connectivity index (χ4v) is 1.90. The van der Waals surface area contributed by atoms with Gasteiger partial charge >= 0.3 is 0 Å². The summed E-state index contributed by atoms with van der Waals surface area (Å²) in [5.41, 5.74) is 0.132. The van der Waals surface area contributed by atoms with Gasteiger partial charge in [0.25, 0.3) is 0 Å². The van der Waals surface area contributed by atoms with E-state index in [0.717, 1.165) is 25.1 Å². The molecule has 0 aromatic heterocycles. The van der Waals surface area contributed by atoms with E-state index in [0.29, 0.717) is 0 Å². The molecule has 0 fully saturated rings. The number of thioether (sulfide) groups is 1. The minimum absolute atomic E-state index is 0.132. The van der Waals surface area contributed by atoms with E-state index < -0.39 is 11.6 Å². The van der Waals surface area contributed by atoms with Gasteiger partial charge in [0.05, 0.1) is 0 Å². The zero-order chi connectivity index (χ0) is 11.8. The second kappa shape index (κ2) is 7.63. The van der Waals surface area contributed by atoms with Gasteiger partial charge in [0.2, 0.25) is 0 Å². The molecule has 90 valence electrons. The average molecular weight is 245 g/mol. The summed E-state index contributed by atoms with van der Waals surface area (Å²) < 4.78 is 26.4. The van der Waals surface area contributed by atoms with Crippen LogP contribution < -0.4 is 5.32 Å². The first-order valence-electron chi connectivity index (χ1n) is 5.38. The van der Waals surface area contributed by atoms with Crippen LogP contribution in [-0.2, 0) is 6.54 Å². The van der Waals surface area contributed by atoms with E-state index in [2.05, 4.69) is 11.6 Å². The third-order valence-corrected chi connectivity index (χ3v) is 3.01. The molecule has 0 unspecified atom stereocenters. The molecule has 0 saturated carbocycles. The Morgan fingerprint density at radius 2 is 1.88 bits per heavy atom. The Morgan fingerprint density at radius 3 is 2.50 bits per heavy atom.